The number of nitro groups is 1. The Hall–Kier alpha value is -1.95. The van der Waals surface area contributed by atoms with Crippen molar-refractivity contribution in [2.45, 2.75) is 20.8 Å². The number of Topliss-reactive ketones (excluding diaryl/α,β-unsaturated/α-hetero) is 1. The molecule has 1 aromatic rings. The number of hydrogen-bond donors (Lipinski definition) is 0. The number of carbonyl (C=O) groups is 1. The Morgan fingerprint density at radius 2 is 2.00 bits per heavy atom. The topological polar surface area (TPSA) is 72.7 Å². The molecule has 0 radical (unpaired) electrons. The van der Waals surface area contributed by atoms with Gasteiger partial charge in [-0.1, -0.05) is 13.8 Å². The number of carbonyl (C=O) groups excluding carboxylic acids is 1. The molecule has 0 aliphatic rings. The molecule has 0 unspecified atom stereocenters. The summed E-state index contributed by atoms with van der Waals surface area (Å²) in [6, 6.07) is 4.26. The number of benzene rings is 1. The van der Waals surface area contributed by atoms with Crippen LogP contribution in [0.15, 0.2) is 18.2 Å². The highest BCUT2D eigenvalue weighted by molar-refractivity contribution is 5.98. The minimum Gasteiger partial charge on any atom is -0.492 e. The van der Waals surface area contributed by atoms with E-state index in [1.54, 1.807) is 0 Å². The van der Waals surface area contributed by atoms with Crippen molar-refractivity contribution in [3.8, 4) is 5.75 Å². The van der Waals surface area contributed by atoms with Crippen molar-refractivity contribution in [1.82, 2.24) is 4.90 Å². The van der Waals surface area contributed by atoms with E-state index >= 15 is 0 Å². The lowest BCUT2D eigenvalue weighted by molar-refractivity contribution is -0.385. The predicted octanol–water partition coefficient (Wildman–Crippen LogP) is 2.52. The lowest BCUT2D eigenvalue weighted by atomic mass is 10.1. The molecule has 6 heteroatoms. The highest BCUT2D eigenvalue weighted by Gasteiger charge is 2.18. The van der Waals surface area contributed by atoms with Gasteiger partial charge in [0.2, 0.25) is 0 Å². The van der Waals surface area contributed by atoms with Gasteiger partial charge in [0.25, 0.3) is 5.69 Å². The van der Waals surface area contributed by atoms with Crippen LogP contribution in [0.3, 0.4) is 0 Å². The highest BCUT2D eigenvalue weighted by atomic mass is 16.6. The monoisotopic (exact) mass is 280 g/mol. The number of likely N-dealkylation sites (N-methyl/N-ethyl adjacent to an activating group) is 1. The molecular weight excluding hydrogens is 260 g/mol. The molecule has 0 N–H and O–H groups in total. The Bertz CT molecular complexity index is 484. The Labute approximate surface area is 118 Å². The molecule has 0 heterocycles. The van der Waals surface area contributed by atoms with Crippen molar-refractivity contribution in [2.24, 2.45) is 0 Å². The van der Waals surface area contributed by atoms with E-state index in [9.17, 15) is 14.9 Å². The Morgan fingerprint density at radius 3 is 2.50 bits per heavy atom. The third-order valence-corrected chi connectivity index (χ3v) is 3.11. The van der Waals surface area contributed by atoms with E-state index in [0.29, 0.717) is 12.4 Å². The van der Waals surface area contributed by atoms with Crippen molar-refractivity contribution in [3.63, 3.8) is 0 Å². The van der Waals surface area contributed by atoms with Gasteiger partial charge in [-0.15, -0.1) is 0 Å². The zero-order valence-electron chi connectivity index (χ0n) is 12.1. The summed E-state index contributed by atoms with van der Waals surface area (Å²) in [6.45, 7) is 8.60. The number of nitro benzene ring substituents is 1. The van der Waals surface area contributed by atoms with Gasteiger partial charge in [-0.25, -0.2) is 0 Å². The first kappa shape index (κ1) is 16.1. The average Bonchev–Trinajstić information content (AvgIpc) is 2.43. The van der Waals surface area contributed by atoms with Crippen molar-refractivity contribution in [2.75, 3.05) is 26.2 Å². The van der Waals surface area contributed by atoms with Crippen LogP contribution in [0, 0.1) is 10.1 Å². The minimum absolute atomic E-state index is 0.0790. The summed E-state index contributed by atoms with van der Waals surface area (Å²) >= 11 is 0. The first-order chi connectivity index (χ1) is 9.49. The molecule has 0 aliphatic heterocycles. The van der Waals surface area contributed by atoms with E-state index in [1.165, 1.54) is 25.1 Å². The number of ketones is 1. The largest absolute Gasteiger partial charge is 0.492 e. The lowest BCUT2D eigenvalue weighted by Crippen LogP contribution is -2.27. The number of hydrogen-bond acceptors (Lipinski definition) is 5. The predicted molar refractivity (Wildman–Crippen MR) is 76.4 cm³/mol. The van der Waals surface area contributed by atoms with E-state index in [-0.39, 0.29) is 17.0 Å². The molecule has 6 nitrogen and oxygen atoms in total. The molecule has 1 aromatic carbocycles. The van der Waals surface area contributed by atoms with Gasteiger partial charge in [-0.3, -0.25) is 14.9 Å². The fraction of sp³-hybridized carbons (Fsp3) is 0.500. The quantitative estimate of drug-likeness (QED) is 0.415. The fourth-order valence-electron chi connectivity index (χ4n) is 1.88. The van der Waals surface area contributed by atoms with Crippen LogP contribution in [0.4, 0.5) is 5.69 Å². The Balaban J connectivity index is 2.75. The van der Waals surface area contributed by atoms with Crippen molar-refractivity contribution in [1.29, 1.82) is 0 Å². The standard InChI is InChI=1S/C14H20N2O4/c1-4-15(5-2)8-9-20-12-6-7-14(16(18)19)13(10-12)11(3)17/h6-7,10H,4-5,8-9H2,1-3H3. The summed E-state index contributed by atoms with van der Waals surface area (Å²) in [5, 5.41) is 10.8. The summed E-state index contributed by atoms with van der Waals surface area (Å²) in [4.78, 5) is 23.9. The van der Waals surface area contributed by atoms with Gasteiger partial charge in [0.05, 0.1) is 10.5 Å². The highest BCUT2D eigenvalue weighted by Crippen LogP contribution is 2.24. The molecule has 0 amide bonds. The zero-order chi connectivity index (χ0) is 15.1. The van der Waals surface area contributed by atoms with Gasteiger partial charge in [-0.05, 0) is 32.1 Å². The smallest absolute Gasteiger partial charge is 0.280 e. The van der Waals surface area contributed by atoms with Gasteiger partial charge in [0.1, 0.15) is 12.4 Å². The van der Waals surface area contributed by atoms with Crippen LogP contribution >= 0.6 is 0 Å². The molecule has 0 aliphatic carbocycles. The van der Waals surface area contributed by atoms with Crippen LogP contribution in [0.25, 0.3) is 0 Å². The van der Waals surface area contributed by atoms with Crippen LogP contribution in [0.2, 0.25) is 0 Å². The van der Waals surface area contributed by atoms with E-state index in [0.717, 1.165) is 19.6 Å². The second kappa shape index (κ2) is 7.59. The van der Waals surface area contributed by atoms with E-state index in [2.05, 4.69) is 18.7 Å². The second-order valence-corrected chi connectivity index (χ2v) is 4.37. The third-order valence-electron chi connectivity index (χ3n) is 3.11. The van der Waals surface area contributed by atoms with Crippen LogP contribution in [-0.2, 0) is 0 Å². The number of rotatable bonds is 8. The molecule has 0 saturated carbocycles. The first-order valence-electron chi connectivity index (χ1n) is 6.64. The van der Waals surface area contributed by atoms with Gasteiger partial charge in [0.15, 0.2) is 5.78 Å². The molecule has 0 fully saturated rings. The van der Waals surface area contributed by atoms with Crippen molar-refractivity contribution in [3.05, 3.63) is 33.9 Å². The van der Waals surface area contributed by atoms with Crippen LogP contribution in [0.1, 0.15) is 31.1 Å². The van der Waals surface area contributed by atoms with E-state index in [1.807, 2.05) is 0 Å². The number of ether oxygens (including phenoxy) is 1. The normalized spacial score (nSPS) is 10.6. The molecule has 0 spiro atoms. The molecule has 0 atom stereocenters. The van der Waals surface area contributed by atoms with Crippen molar-refractivity contribution < 1.29 is 14.5 Å². The molecule has 1 rings (SSSR count). The first-order valence-corrected chi connectivity index (χ1v) is 6.64. The molecule has 110 valence electrons. The SMILES string of the molecule is CCN(CC)CCOc1ccc([N+](=O)[O-])c(C(C)=O)c1. The van der Waals surface area contributed by atoms with Crippen LogP contribution in [-0.4, -0.2) is 41.8 Å². The summed E-state index contributed by atoms with van der Waals surface area (Å²) in [6.07, 6.45) is 0. The molecule has 0 bridgehead atoms. The lowest BCUT2D eigenvalue weighted by Gasteiger charge is -2.18. The summed E-state index contributed by atoms with van der Waals surface area (Å²) in [5.41, 5.74) is -0.107. The number of nitrogens with zero attached hydrogens (tertiary/aromatic N) is 2. The summed E-state index contributed by atoms with van der Waals surface area (Å²) in [5.74, 6) is 0.138. The van der Waals surface area contributed by atoms with Crippen LogP contribution in [0.5, 0.6) is 5.75 Å². The maximum Gasteiger partial charge on any atom is 0.280 e. The van der Waals surface area contributed by atoms with Gasteiger partial charge in [-0.2, -0.15) is 0 Å². The molecular formula is C14H20N2O4. The third kappa shape index (κ3) is 4.31. The van der Waals surface area contributed by atoms with E-state index < -0.39 is 4.92 Å². The Morgan fingerprint density at radius 1 is 1.35 bits per heavy atom. The molecule has 20 heavy (non-hydrogen) atoms. The molecule has 0 saturated heterocycles. The van der Waals surface area contributed by atoms with Gasteiger partial charge >= 0.3 is 0 Å². The minimum atomic E-state index is -0.559. The maximum absolute atomic E-state index is 11.4. The van der Waals surface area contributed by atoms with E-state index in [4.69, 9.17) is 4.74 Å². The van der Waals surface area contributed by atoms with Crippen LogP contribution < -0.4 is 4.74 Å². The average molecular weight is 280 g/mol. The fourth-order valence-corrected chi connectivity index (χ4v) is 1.88. The van der Waals surface area contributed by atoms with Gasteiger partial charge < -0.3 is 9.64 Å². The van der Waals surface area contributed by atoms with Crippen molar-refractivity contribution >= 4 is 11.5 Å². The molecule has 0 aromatic heterocycles. The van der Waals surface area contributed by atoms with Gasteiger partial charge in [0, 0.05) is 12.6 Å². The Kier molecular flexibility index (Phi) is 6.11. The second-order valence-electron chi connectivity index (χ2n) is 4.37. The summed E-state index contributed by atoms with van der Waals surface area (Å²) < 4.78 is 5.55. The maximum atomic E-state index is 11.4. The summed E-state index contributed by atoms with van der Waals surface area (Å²) in [7, 11) is 0. The zero-order valence-corrected chi connectivity index (χ0v) is 12.1.